The average Bonchev–Trinajstić information content (AvgIpc) is 3.04. The van der Waals surface area contributed by atoms with E-state index >= 15 is 0 Å². The molecule has 0 spiro atoms. The van der Waals surface area contributed by atoms with Gasteiger partial charge in [0.1, 0.15) is 23.6 Å². The van der Waals surface area contributed by atoms with E-state index in [4.69, 9.17) is 17.3 Å². The van der Waals surface area contributed by atoms with Gasteiger partial charge in [-0.3, -0.25) is 4.90 Å². The zero-order chi connectivity index (χ0) is 18.1. The molecule has 0 amide bonds. The number of fused-ring (bicyclic) bond motifs is 1. The molecular weight excluding hydrogens is 355 g/mol. The van der Waals surface area contributed by atoms with Gasteiger partial charge in [0, 0.05) is 24.5 Å². The molecule has 1 aliphatic heterocycles. The second-order valence-corrected chi connectivity index (χ2v) is 7.03. The lowest BCUT2D eigenvalue weighted by molar-refractivity contribution is 0.206. The number of nitrogens with one attached hydrogen (secondary N) is 2. The van der Waals surface area contributed by atoms with Gasteiger partial charge in [-0.2, -0.15) is 0 Å². The molecule has 8 heteroatoms. The molecule has 0 bridgehead atoms. The molecule has 0 aliphatic carbocycles. The lowest BCUT2D eigenvalue weighted by Crippen LogP contribution is -2.39. The number of piperidine rings is 1. The van der Waals surface area contributed by atoms with Crippen molar-refractivity contribution in [2.45, 2.75) is 25.4 Å². The van der Waals surface area contributed by atoms with E-state index in [1.807, 2.05) is 6.20 Å². The number of H-pyrrole nitrogens is 1. The van der Waals surface area contributed by atoms with Gasteiger partial charge in [-0.25, -0.2) is 14.4 Å². The Labute approximate surface area is 155 Å². The molecule has 2 aromatic heterocycles. The highest BCUT2D eigenvalue weighted by Crippen LogP contribution is 2.29. The van der Waals surface area contributed by atoms with Crippen LogP contribution in [0.1, 0.15) is 18.4 Å². The van der Waals surface area contributed by atoms with Crippen LogP contribution in [0.4, 0.5) is 15.9 Å². The molecule has 3 heterocycles. The molecule has 136 valence electrons. The van der Waals surface area contributed by atoms with Crippen LogP contribution >= 0.6 is 11.6 Å². The molecule has 1 aliphatic rings. The zero-order valence-corrected chi connectivity index (χ0v) is 14.9. The van der Waals surface area contributed by atoms with Crippen molar-refractivity contribution in [3.63, 3.8) is 0 Å². The first-order valence-corrected chi connectivity index (χ1v) is 8.99. The Hall–Kier alpha value is -2.22. The van der Waals surface area contributed by atoms with Crippen molar-refractivity contribution < 1.29 is 4.39 Å². The number of hydrogen-bond acceptors (Lipinski definition) is 5. The van der Waals surface area contributed by atoms with Crippen molar-refractivity contribution in [1.82, 2.24) is 19.9 Å². The monoisotopic (exact) mass is 374 g/mol. The molecule has 1 aromatic carbocycles. The summed E-state index contributed by atoms with van der Waals surface area (Å²) >= 11 is 5.88. The highest BCUT2D eigenvalue weighted by atomic mass is 35.5. The SMILES string of the molecule is NC1CCN(Cc2c[nH]c3ncnc(Nc4ccc(F)c(Cl)c4)c23)CC1. The Bertz CT molecular complexity index is 919. The van der Waals surface area contributed by atoms with Gasteiger partial charge in [-0.15, -0.1) is 0 Å². The fourth-order valence-corrected chi connectivity index (χ4v) is 3.49. The maximum absolute atomic E-state index is 13.4. The summed E-state index contributed by atoms with van der Waals surface area (Å²) in [5.41, 5.74) is 8.55. The van der Waals surface area contributed by atoms with E-state index in [0.29, 0.717) is 17.5 Å². The van der Waals surface area contributed by atoms with E-state index in [2.05, 4.69) is 25.2 Å². The highest BCUT2D eigenvalue weighted by molar-refractivity contribution is 6.31. The molecule has 1 saturated heterocycles. The summed E-state index contributed by atoms with van der Waals surface area (Å²) in [5.74, 6) is 0.221. The van der Waals surface area contributed by atoms with Crippen molar-refractivity contribution >= 4 is 34.1 Å². The predicted octanol–water partition coefficient (Wildman–Crippen LogP) is 3.42. The minimum atomic E-state index is -0.448. The molecule has 0 unspecified atom stereocenters. The van der Waals surface area contributed by atoms with Crippen LogP contribution in [0.25, 0.3) is 11.0 Å². The fourth-order valence-electron chi connectivity index (χ4n) is 3.31. The van der Waals surface area contributed by atoms with Gasteiger partial charge in [-0.05, 0) is 49.7 Å². The number of halogens is 2. The molecular formula is C18H20ClFN6. The van der Waals surface area contributed by atoms with Crippen LogP contribution in [0.3, 0.4) is 0 Å². The molecule has 3 aromatic rings. The number of aromatic amines is 1. The second kappa shape index (κ2) is 7.19. The summed E-state index contributed by atoms with van der Waals surface area (Å²) in [7, 11) is 0. The van der Waals surface area contributed by atoms with E-state index in [0.717, 1.165) is 49.1 Å². The predicted molar refractivity (Wildman–Crippen MR) is 101 cm³/mol. The Kier molecular flexibility index (Phi) is 4.76. The van der Waals surface area contributed by atoms with Crippen molar-refractivity contribution in [2.24, 2.45) is 5.73 Å². The number of benzene rings is 1. The van der Waals surface area contributed by atoms with Gasteiger partial charge >= 0.3 is 0 Å². The first kappa shape index (κ1) is 17.2. The first-order chi connectivity index (χ1) is 12.6. The van der Waals surface area contributed by atoms with Crippen molar-refractivity contribution in [3.05, 3.63) is 47.1 Å². The molecule has 26 heavy (non-hydrogen) atoms. The van der Waals surface area contributed by atoms with Crippen LogP contribution in [-0.2, 0) is 6.54 Å². The van der Waals surface area contributed by atoms with Crippen LogP contribution in [-0.4, -0.2) is 39.0 Å². The number of likely N-dealkylation sites (tertiary alicyclic amines) is 1. The third kappa shape index (κ3) is 3.51. The standard InChI is InChI=1S/C18H20ClFN6/c19-14-7-13(1-2-15(14)20)25-18-16-11(8-22-17(16)23-10-24-18)9-26-5-3-12(21)4-6-26/h1-2,7-8,10,12H,3-6,9,21H2,(H2,22,23,24,25). The zero-order valence-electron chi connectivity index (χ0n) is 14.2. The number of aromatic nitrogens is 3. The normalized spacial score (nSPS) is 16.3. The molecule has 0 saturated carbocycles. The third-order valence-electron chi connectivity index (χ3n) is 4.76. The van der Waals surface area contributed by atoms with Crippen LogP contribution in [0, 0.1) is 5.82 Å². The largest absolute Gasteiger partial charge is 0.346 e. The van der Waals surface area contributed by atoms with Gasteiger partial charge in [0.25, 0.3) is 0 Å². The van der Waals surface area contributed by atoms with Gasteiger partial charge in [0.05, 0.1) is 10.4 Å². The van der Waals surface area contributed by atoms with E-state index in [1.54, 1.807) is 12.1 Å². The summed E-state index contributed by atoms with van der Waals surface area (Å²) < 4.78 is 13.4. The molecule has 0 radical (unpaired) electrons. The number of nitrogens with two attached hydrogens (primary N) is 1. The smallest absolute Gasteiger partial charge is 0.143 e. The average molecular weight is 375 g/mol. The summed E-state index contributed by atoms with van der Waals surface area (Å²) in [5, 5.41) is 4.23. The topological polar surface area (TPSA) is 82.9 Å². The molecule has 4 rings (SSSR count). The van der Waals surface area contributed by atoms with E-state index < -0.39 is 5.82 Å². The Morgan fingerprint density at radius 3 is 2.88 bits per heavy atom. The van der Waals surface area contributed by atoms with Gasteiger partial charge in [0.2, 0.25) is 0 Å². The lowest BCUT2D eigenvalue weighted by atomic mass is 10.1. The number of hydrogen-bond donors (Lipinski definition) is 3. The van der Waals surface area contributed by atoms with Gasteiger partial charge < -0.3 is 16.0 Å². The molecule has 1 fully saturated rings. The number of anilines is 2. The second-order valence-electron chi connectivity index (χ2n) is 6.63. The highest BCUT2D eigenvalue weighted by Gasteiger charge is 2.19. The summed E-state index contributed by atoms with van der Waals surface area (Å²) in [6.07, 6.45) is 5.49. The van der Waals surface area contributed by atoms with Crippen LogP contribution in [0.5, 0.6) is 0 Å². The van der Waals surface area contributed by atoms with Crippen molar-refractivity contribution in [2.75, 3.05) is 18.4 Å². The van der Waals surface area contributed by atoms with Gasteiger partial charge in [-0.1, -0.05) is 11.6 Å². The number of nitrogens with zero attached hydrogens (tertiary/aromatic N) is 3. The van der Waals surface area contributed by atoms with Gasteiger partial charge in [0.15, 0.2) is 0 Å². The summed E-state index contributed by atoms with van der Waals surface area (Å²) in [4.78, 5) is 14.3. The third-order valence-corrected chi connectivity index (χ3v) is 5.05. The Morgan fingerprint density at radius 1 is 1.31 bits per heavy atom. The summed E-state index contributed by atoms with van der Waals surface area (Å²) in [6, 6.07) is 4.81. The van der Waals surface area contributed by atoms with Crippen molar-refractivity contribution in [3.8, 4) is 0 Å². The maximum atomic E-state index is 13.4. The van der Waals surface area contributed by atoms with E-state index in [-0.39, 0.29) is 5.02 Å². The van der Waals surface area contributed by atoms with Crippen LogP contribution < -0.4 is 11.1 Å². The molecule has 0 atom stereocenters. The first-order valence-electron chi connectivity index (χ1n) is 8.61. The van der Waals surface area contributed by atoms with E-state index in [9.17, 15) is 4.39 Å². The van der Waals surface area contributed by atoms with Crippen molar-refractivity contribution in [1.29, 1.82) is 0 Å². The minimum absolute atomic E-state index is 0.0687. The fraction of sp³-hybridized carbons (Fsp3) is 0.333. The Morgan fingerprint density at radius 2 is 2.12 bits per heavy atom. The van der Waals surface area contributed by atoms with Crippen LogP contribution in [0.15, 0.2) is 30.7 Å². The van der Waals surface area contributed by atoms with Crippen LogP contribution in [0.2, 0.25) is 5.02 Å². The number of rotatable bonds is 4. The summed E-state index contributed by atoms with van der Waals surface area (Å²) in [6.45, 7) is 2.77. The Balaban J connectivity index is 1.62. The molecule has 6 nitrogen and oxygen atoms in total. The maximum Gasteiger partial charge on any atom is 0.143 e. The minimum Gasteiger partial charge on any atom is -0.346 e. The quantitative estimate of drug-likeness (QED) is 0.651. The lowest BCUT2D eigenvalue weighted by Gasteiger charge is -2.29. The van der Waals surface area contributed by atoms with E-state index in [1.165, 1.54) is 12.4 Å². The molecule has 4 N–H and O–H groups in total.